The molecule has 0 spiro atoms. The zero-order valence-corrected chi connectivity index (χ0v) is 18.6. The van der Waals surface area contributed by atoms with Crippen LogP contribution in [-0.2, 0) is 15.4 Å². The number of hydrogen-bond acceptors (Lipinski definition) is 4. The third-order valence-electron chi connectivity index (χ3n) is 5.47. The van der Waals surface area contributed by atoms with Crippen molar-refractivity contribution in [2.75, 3.05) is 44.2 Å². The van der Waals surface area contributed by atoms with E-state index >= 15 is 0 Å². The molecule has 1 heterocycles. The fourth-order valence-electron chi connectivity index (χ4n) is 3.60. The van der Waals surface area contributed by atoms with Crippen LogP contribution in [0.1, 0.15) is 32.8 Å². The van der Waals surface area contributed by atoms with E-state index in [1.807, 2.05) is 18.2 Å². The molecular formula is C23H33N3O2S. The number of nitrogens with zero attached hydrogens (tertiary/aromatic N) is 2. The van der Waals surface area contributed by atoms with E-state index in [1.54, 1.807) is 12.1 Å². The molecule has 0 amide bonds. The Bertz CT molecular complexity index is 867. The lowest BCUT2D eigenvalue weighted by Gasteiger charge is -2.36. The van der Waals surface area contributed by atoms with E-state index in [2.05, 4.69) is 59.6 Å². The van der Waals surface area contributed by atoms with E-state index in [-0.39, 0.29) is 5.41 Å². The van der Waals surface area contributed by atoms with Crippen molar-refractivity contribution in [2.24, 2.45) is 0 Å². The molecule has 2 aromatic rings. The maximum atomic E-state index is 12.5. The Hall–Kier alpha value is -1.89. The zero-order chi connectivity index (χ0) is 20.9. The molecule has 5 nitrogen and oxygen atoms in total. The minimum atomic E-state index is -3.45. The second-order valence-electron chi connectivity index (χ2n) is 8.69. The average Bonchev–Trinajstić information content (AvgIpc) is 2.72. The van der Waals surface area contributed by atoms with Crippen LogP contribution in [0.3, 0.4) is 0 Å². The van der Waals surface area contributed by atoms with Gasteiger partial charge in [-0.15, -0.1) is 0 Å². The molecule has 29 heavy (non-hydrogen) atoms. The van der Waals surface area contributed by atoms with Crippen LogP contribution in [0.15, 0.2) is 59.5 Å². The topological polar surface area (TPSA) is 52.7 Å². The highest BCUT2D eigenvalue weighted by Gasteiger charge is 2.19. The maximum Gasteiger partial charge on any atom is 0.240 e. The summed E-state index contributed by atoms with van der Waals surface area (Å²) in [5.74, 6) is 0. The van der Waals surface area contributed by atoms with Crippen molar-refractivity contribution in [1.82, 2.24) is 9.62 Å². The predicted molar refractivity (Wildman–Crippen MR) is 120 cm³/mol. The summed E-state index contributed by atoms with van der Waals surface area (Å²) in [4.78, 5) is 5.15. The number of sulfonamides is 1. The third kappa shape index (κ3) is 6.04. The minimum Gasteiger partial charge on any atom is -0.369 e. The molecule has 1 saturated heterocycles. The maximum absolute atomic E-state index is 12.5. The fraction of sp³-hybridized carbons (Fsp3) is 0.478. The number of nitrogens with one attached hydrogen (secondary N) is 1. The molecule has 0 aliphatic carbocycles. The van der Waals surface area contributed by atoms with Crippen molar-refractivity contribution in [3.05, 3.63) is 60.2 Å². The van der Waals surface area contributed by atoms with Crippen LogP contribution < -0.4 is 9.62 Å². The molecule has 0 unspecified atom stereocenters. The molecule has 1 aliphatic rings. The summed E-state index contributed by atoms with van der Waals surface area (Å²) in [6.45, 7) is 11.8. The molecular weight excluding hydrogens is 382 g/mol. The molecule has 2 aromatic carbocycles. The summed E-state index contributed by atoms with van der Waals surface area (Å²) in [6.07, 6.45) is 0.810. The standard InChI is InChI=1S/C23H33N3O2S/c1-23(2,3)20-10-12-22(13-11-20)29(27,28)24-14-7-15-25-16-18-26(19-17-25)21-8-5-4-6-9-21/h4-6,8-13,24H,7,14-19H2,1-3H3. The lowest BCUT2D eigenvalue weighted by molar-refractivity contribution is 0.255. The lowest BCUT2D eigenvalue weighted by atomic mass is 9.87. The van der Waals surface area contributed by atoms with Crippen molar-refractivity contribution in [3.63, 3.8) is 0 Å². The van der Waals surface area contributed by atoms with Crippen LogP contribution >= 0.6 is 0 Å². The largest absolute Gasteiger partial charge is 0.369 e. The highest BCUT2D eigenvalue weighted by Crippen LogP contribution is 2.23. The van der Waals surface area contributed by atoms with Gasteiger partial charge in [-0.3, -0.25) is 4.90 Å². The molecule has 3 rings (SSSR count). The van der Waals surface area contributed by atoms with Gasteiger partial charge in [0.2, 0.25) is 10.0 Å². The second-order valence-corrected chi connectivity index (χ2v) is 10.5. The number of benzene rings is 2. The molecule has 0 bridgehead atoms. The van der Waals surface area contributed by atoms with Crippen LogP contribution in [0.5, 0.6) is 0 Å². The van der Waals surface area contributed by atoms with Crippen molar-refractivity contribution in [1.29, 1.82) is 0 Å². The van der Waals surface area contributed by atoms with Crippen LogP contribution in [0.4, 0.5) is 5.69 Å². The second kappa shape index (κ2) is 9.28. The Morgan fingerprint density at radius 1 is 0.897 bits per heavy atom. The third-order valence-corrected chi connectivity index (χ3v) is 6.94. The van der Waals surface area contributed by atoms with Crippen LogP contribution in [0, 0.1) is 0 Å². The van der Waals surface area contributed by atoms with Gasteiger partial charge in [0.05, 0.1) is 4.90 Å². The van der Waals surface area contributed by atoms with E-state index in [1.165, 1.54) is 5.69 Å². The number of hydrogen-bond donors (Lipinski definition) is 1. The summed E-state index contributed by atoms with van der Waals surface area (Å²) in [7, 11) is -3.45. The molecule has 0 atom stereocenters. The first-order valence-corrected chi connectivity index (χ1v) is 11.9. The normalized spacial score (nSPS) is 16.2. The van der Waals surface area contributed by atoms with Crippen molar-refractivity contribution in [2.45, 2.75) is 37.5 Å². The molecule has 0 aromatic heterocycles. The zero-order valence-electron chi connectivity index (χ0n) is 17.8. The molecule has 1 fully saturated rings. The first-order chi connectivity index (χ1) is 13.8. The summed E-state index contributed by atoms with van der Waals surface area (Å²) >= 11 is 0. The molecule has 0 saturated carbocycles. The van der Waals surface area contributed by atoms with Crippen LogP contribution in [0.25, 0.3) is 0 Å². The van der Waals surface area contributed by atoms with E-state index < -0.39 is 10.0 Å². The van der Waals surface area contributed by atoms with E-state index in [0.717, 1.165) is 44.7 Å². The van der Waals surface area contributed by atoms with Gasteiger partial charge >= 0.3 is 0 Å². The Kier molecular flexibility index (Phi) is 6.98. The lowest BCUT2D eigenvalue weighted by Crippen LogP contribution is -2.47. The van der Waals surface area contributed by atoms with Gasteiger partial charge in [0.15, 0.2) is 0 Å². The average molecular weight is 416 g/mol. The van der Waals surface area contributed by atoms with E-state index in [4.69, 9.17) is 0 Å². The molecule has 6 heteroatoms. The first-order valence-electron chi connectivity index (χ1n) is 10.4. The minimum absolute atomic E-state index is 0.0141. The van der Waals surface area contributed by atoms with Gasteiger partial charge in [-0.1, -0.05) is 51.1 Å². The van der Waals surface area contributed by atoms with E-state index in [0.29, 0.717) is 11.4 Å². The molecule has 0 radical (unpaired) electrons. The first kappa shape index (κ1) is 21.8. The molecule has 1 N–H and O–H groups in total. The molecule has 158 valence electrons. The summed E-state index contributed by atoms with van der Waals surface area (Å²) in [5.41, 5.74) is 2.42. The van der Waals surface area contributed by atoms with Gasteiger partial charge in [0.25, 0.3) is 0 Å². The molecule has 1 aliphatic heterocycles. The van der Waals surface area contributed by atoms with Crippen molar-refractivity contribution in [3.8, 4) is 0 Å². The smallest absolute Gasteiger partial charge is 0.240 e. The number of piperazine rings is 1. The van der Waals surface area contributed by atoms with Crippen LogP contribution in [0.2, 0.25) is 0 Å². The van der Waals surface area contributed by atoms with Gasteiger partial charge in [0, 0.05) is 38.4 Å². The number of anilines is 1. The Morgan fingerprint density at radius 3 is 2.10 bits per heavy atom. The highest BCUT2D eigenvalue weighted by atomic mass is 32.2. The van der Waals surface area contributed by atoms with Crippen molar-refractivity contribution < 1.29 is 8.42 Å². The highest BCUT2D eigenvalue weighted by molar-refractivity contribution is 7.89. The Morgan fingerprint density at radius 2 is 1.52 bits per heavy atom. The quantitative estimate of drug-likeness (QED) is 0.704. The summed E-state index contributed by atoms with van der Waals surface area (Å²) in [6, 6.07) is 17.7. The summed E-state index contributed by atoms with van der Waals surface area (Å²) in [5, 5.41) is 0. The van der Waals surface area contributed by atoms with Gasteiger partial charge in [-0.25, -0.2) is 13.1 Å². The van der Waals surface area contributed by atoms with Crippen molar-refractivity contribution >= 4 is 15.7 Å². The predicted octanol–water partition coefficient (Wildman–Crippen LogP) is 3.47. The SMILES string of the molecule is CC(C)(C)c1ccc(S(=O)(=O)NCCCN2CCN(c3ccccc3)CC2)cc1. The summed E-state index contributed by atoms with van der Waals surface area (Å²) < 4.78 is 27.8. The van der Waals surface area contributed by atoms with Gasteiger partial charge in [-0.2, -0.15) is 0 Å². The Labute approximate surface area is 175 Å². The van der Waals surface area contributed by atoms with Gasteiger partial charge in [0.1, 0.15) is 0 Å². The van der Waals surface area contributed by atoms with E-state index in [9.17, 15) is 8.42 Å². The van der Waals surface area contributed by atoms with Gasteiger partial charge in [-0.05, 0) is 48.2 Å². The fourth-order valence-corrected chi connectivity index (χ4v) is 4.67. The van der Waals surface area contributed by atoms with Crippen LogP contribution in [-0.4, -0.2) is 52.6 Å². The number of rotatable bonds is 7. The van der Waals surface area contributed by atoms with Gasteiger partial charge < -0.3 is 4.90 Å². The monoisotopic (exact) mass is 415 g/mol. The Balaban J connectivity index is 1.41. The number of para-hydroxylation sites is 1.